The summed E-state index contributed by atoms with van der Waals surface area (Å²) in [7, 11) is 1.59. The van der Waals surface area contributed by atoms with Crippen molar-refractivity contribution in [1.82, 2.24) is 25.2 Å². The van der Waals surface area contributed by atoms with Crippen LogP contribution < -0.4 is 15.0 Å². The van der Waals surface area contributed by atoms with Crippen LogP contribution in [0.2, 0.25) is 0 Å². The van der Waals surface area contributed by atoms with Gasteiger partial charge in [-0.2, -0.15) is 9.97 Å². The highest BCUT2D eigenvalue weighted by Crippen LogP contribution is 2.35. The number of methoxy groups -OCH3 is 1. The van der Waals surface area contributed by atoms with Crippen LogP contribution in [0.4, 0.5) is 10.2 Å². The quantitative estimate of drug-likeness (QED) is 0.386. The first-order valence-electron chi connectivity index (χ1n) is 14.4. The number of rotatable bonds is 3. The third-order valence-electron chi connectivity index (χ3n) is 8.81. The summed E-state index contributed by atoms with van der Waals surface area (Å²) in [5, 5.41) is 16.0. The van der Waals surface area contributed by atoms with Gasteiger partial charge in [0.15, 0.2) is 5.82 Å². The maximum absolute atomic E-state index is 12.6. The van der Waals surface area contributed by atoms with Crippen LogP contribution in [0.1, 0.15) is 32.1 Å². The van der Waals surface area contributed by atoms with Crippen LogP contribution in [0.25, 0.3) is 32.9 Å². The van der Waals surface area contributed by atoms with Gasteiger partial charge in [-0.15, -0.1) is 0 Å². The number of benzene rings is 2. The van der Waals surface area contributed by atoms with Gasteiger partial charge < -0.3 is 20.1 Å². The summed E-state index contributed by atoms with van der Waals surface area (Å²) in [6.07, 6.45) is 7.06. The molecule has 0 saturated carbocycles. The van der Waals surface area contributed by atoms with Gasteiger partial charge in [0.25, 0.3) is 0 Å². The van der Waals surface area contributed by atoms with Gasteiger partial charge in [0.1, 0.15) is 17.4 Å². The topological polar surface area (TPSA) is 86.6 Å². The summed E-state index contributed by atoms with van der Waals surface area (Å²) in [6.45, 7) is 3.68. The van der Waals surface area contributed by atoms with Gasteiger partial charge in [-0.1, -0.05) is 24.3 Å². The highest BCUT2D eigenvalue weighted by atomic mass is 19.1. The number of nitrogens with one attached hydrogen (secondary N) is 1. The molecule has 0 amide bonds. The van der Waals surface area contributed by atoms with Crippen molar-refractivity contribution >= 4 is 27.6 Å². The number of hydrogen-bond donors (Lipinski definition) is 2. The summed E-state index contributed by atoms with van der Waals surface area (Å²) < 4.78 is 18.0. The number of anilines is 1. The van der Waals surface area contributed by atoms with E-state index < -0.39 is 6.17 Å². The number of ether oxygens (including phenoxy) is 1. The van der Waals surface area contributed by atoms with Gasteiger partial charge in [0.05, 0.1) is 12.6 Å². The lowest BCUT2D eigenvalue weighted by atomic mass is 9.98. The number of aromatic nitrogens is 3. The van der Waals surface area contributed by atoms with E-state index in [1.165, 1.54) is 25.7 Å². The highest BCUT2D eigenvalue weighted by molar-refractivity contribution is 5.99. The molecule has 4 aliphatic heterocycles. The molecular weight excluding hydrogens is 507 g/mol. The number of pyridine rings is 1. The Morgan fingerprint density at radius 2 is 1.85 bits per heavy atom. The Morgan fingerprint density at radius 3 is 2.65 bits per heavy atom. The Balaban J connectivity index is 0.000000249. The van der Waals surface area contributed by atoms with Gasteiger partial charge >= 0.3 is 6.01 Å². The Morgan fingerprint density at radius 1 is 1.02 bits per heavy atom. The van der Waals surface area contributed by atoms with Crippen molar-refractivity contribution < 1.29 is 14.2 Å². The Hall–Kier alpha value is -3.56. The normalized spacial score (nSPS) is 25.7. The minimum Gasteiger partial charge on any atom is -0.508 e. The highest BCUT2D eigenvalue weighted by Gasteiger charge is 2.35. The third kappa shape index (κ3) is 4.81. The molecule has 9 heteroatoms. The second-order valence-electron chi connectivity index (χ2n) is 11.5. The monoisotopic (exact) mass is 542 g/mol. The number of aromatic hydroxyl groups is 1. The molecule has 4 aromatic rings. The van der Waals surface area contributed by atoms with Crippen LogP contribution in [0, 0.1) is 0 Å². The minimum atomic E-state index is -0.518. The van der Waals surface area contributed by atoms with Crippen molar-refractivity contribution in [3.8, 4) is 22.9 Å². The van der Waals surface area contributed by atoms with Crippen LogP contribution >= 0.6 is 0 Å². The Kier molecular flexibility index (Phi) is 6.64. The second kappa shape index (κ2) is 10.4. The van der Waals surface area contributed by atoms with Crippen LogP contribution in [0.15, 0.2) is 48.7 Å². The predicted octanol–water partition coefficient (Wildman–Crippen LogP) is 4.69. The molecule has 2 bridgehead atoms. The largest absolute Gasteiger partial charge is 0.508 e. The number of halogens is 1. The average molecular weight is 543 g/mol. The van der Waals surface area contributed by atoms with Crippen molar-refractivity contribution in [1.29, 1.82) is 0 Å². The Bertz CT molecular complexity index is 1530. The van der Waals surface area contributed by atoms with Gasteiger partial charge in [0, 0.05) is 49.5 Å². The van der Waals surface area contributed by atoms with Gasteiger partial charge in [0.2, 0.25) is 0 Å². The van der Waals surface area contributed by atoms with Crippen LogP contribution in [0.3, 0.4) is 0 Å². The van der Waals surface area contributed by atoms with Crippen molar-refractivity contribution in [2.24, 2.45) is 0 Å². The molecule has 0 radical (unpaired) electrons. The van der Waals surface area contributed by atoms with E-state index in [1.54, 1.807) is 19.2 Å². The fraction of sp³-hybridized carbons (Fsp3) is 0.452. The van der Waals surface area contributed by atoms with E-state index in [0.29, 0.717) is 30.7 Å². The van der Waals surface area contributed by atoms with E-state index in [4.69, 9.17) is 9.72 Å². The summed E-state index contributed by atoms with van der Waals surface area (Å²) in [5.41, 5.74) is 3.32. The Labute approximate surface area is 233 Å². The SMILES string of the molecule is COc1nc(N2CC3CCC(C2)N3)c2ncc(-c3cc(O)cc4ccccc34)cc2n1.FC1CC2CCCN2C1. The number of phenolic OH excluding ortho intramolecular Hbond substituents is 1. The number of phenols is 1. The van der Waals surface area contributed by atoms with E-state index in [1.807, 2.05) is 30.5 Å². The van der Waals surface area contributed by atoms with Gasteiger partial charge in [-0.3, -0.25) is 9.88 Å². The summed E-state index contributed by atoms with van der Waals surface area (Å²) >= 11 is 0. The molecule has 8 rings (SSSR count). The lowest BCUT2D eigenvalue weighted by Crippen LogP contribution is -2.51. The van der Waals surface area contributed by atoms with Gasteiger partial charge in [-0.05, 0) is 73.2 Å². The molecule has 2 aromatic heterocycles. The predicted molar refractivity (Wildman–Crippen MR) is 155 cm³/mol. The molecule has 4 atom stereocenters. The number of alkyl halides is 1. The van der Waals surface area contributed by atoms with Crippen molar-refractivity contribution in [3.05, 3.63) is 48.7 Å². The molecule has 4 saturated heterocycles. The van der Waals surface area contributed by atoms with Crippen LogP contribution in [-0.2, 0) is 0 Å². The summed E-state index contributed by atoms with van der Waals surface area (Å²) in [4.78, 5) is 18.6. The fourth-order valence-electron chi connectivity index (χ4n) is 6.97. The van der Waals surface area contributed by atoms with Crippen LogP contribution in [-0.4, -0.2) is 82.5 Å². The van der Waals surface area contributed by atoms with E-state index >= 15 is 0 Å². The summed E-state index contributed by atoms with van der Waals surface area (Å²) in [6, 6.07) is 15.5. The van der Waals surface area contributed by atoms with Crippen molar-refractivity contribution in [2.45, 2.75) is 56.4 Å². The third-order valence-corrected chi connectivity index (χ3v) is 8.81. The molecule has 208 valence electrons. The molecule has 4 fully saturated rings. The zero-order valence-electron chi connectivity index (χ0n) is 22.8. The molecule has 4 unspecified atom stereocenters. The van der Waals surface area contributed by atoms with E-state index in [2.05, 4.69) is 31.2 Å². The summed E-state index contributed by atoms with van der Waals surface area (Å²) in [5.74, 6) is 1.05. The second-order valence-corrected chi connectivity index (χ2v) is 11.5. The maximum atomic E-state index is 12.6. The standard InChI is InChI=1S/C24H23N5O2.C7H12FN/c1-31-24-27-21-9-15(20-10-18(30)8-14-4-2-3-5-19(14)20)11-25-22(21)23(28-24)29-12-16-6-7-17(13-29)26-16;8-6-4-7-2-1-3-9(7)5-6/h2-5,8-11,16-17,26,30H,6-7,12-13H2,1H3;6-7H,1-5H2. The average Bonchev–Trinajstić information content (AvgIpc) is 3.65. The molecule has 2 aromatic carbocycles. The number of nitrogens with zero attached hydrogens (tertiary/aromatic N) is 5. The van der Waals surface area contributed by atoms with Gasteiger partial charge in [-0.25, -0.2) is 4.39 Å². The zero-order chi connectivity index (χ0) is 27.2. The van der Waals surface area contributed by atoms with Crippen LogP contribution in [0.5, 0.6) is 11.8 Å². The van der Waals surface area contributed by atoms with E-state index in [-0.39, 0.29) is 5.75 Å². The number of fused-ring (bicyclic) bond motifs is 5. The molecule has 4 aliphatic rings. The molecule has 0 aliphatic carbocycles. The maximum Gasteiger partial charge on any atom is 0.318 e. The first kappa shape index (κ1) is 25.4. The smallest absolute Gasteiger partial charge is 0.318 e. The fourth-order valence-corrected chi connectivity index (χ4v) is 6.97. The zero-order valence-corrected chi connectivity index (χ0v) is 22.8. The number of hydrogen-bond acceptors (Lipinski definition) is 8. The minimum absolute atomic E-state index is 0.228. The van der Waals surface area contributed by atoms with Crippen molar-refractivity contribution in [2.75, 3.05) is 38.2 Å². The molecule has 2 N–H and O–H groups in total. The lowest BCUT2D eigenvalue weighted by Gasteiger charge is -2.34. The first-order chi connectivity index (χ1) is 19.5. The molecule has 6 heterocycles. The first-order valence-corrected chi connectivity index (χ1v) is 14.4. The number of piperazine rings is 1. The van der Waals surface area contributed by atoms with E-state index in [9.17, 15) is 9.50 Å². The van der Waals surface area contributed by atoms with Crippen molar-refractivity contribution in [3.63, 3.8) is 0 Å². The lowest BCUT2D eigenvalue weighted by molar-refractivity contribution is 0.292. The molecule has 8 nitrogen and oxygen atoms in total. The van der Waals surface area contributed by atoms with E-state index in [0.717, 1.165) is 64.8 Å². The molecule has 0 spiro atoms. The molecular formula is C31H35FN6O2. The molecule has 40 heavy (non-hydrogen) atoms.